The largest absolute Gasteiger partial charge is 0.869 e. The van der Waals surface area contributed by atoms with E-state index in [0.29, 0.717) is 0 Å². The van der Waals surface area contributed by atoms with E-state index in [1.54, 1.807) is 0 Å². The molecule has 0 aromatic rings. The van der Waals surface area contributed by atoms with Crippen LogP contribution in [0.3, 0.4) is 0 Å². The Hall–Kier alpha value is -1.48. The molecule has 0 amide bonds. The quantitative estimate of drug-likeness (QED) is 0.311. The van der Waals surface area contributed by atoms with E-state index < -0.39 is 35.4 Å². The number of ketones is 2. The topological polar surface area (TPSA) is 80.3 Å². The average molecular weight is 370 g/mol. The molecule has 0 bridgehead atoms. The number of carbonyl (C=O) groups is 2. The van der Waals surface area contributed by atoms with Gasteiger partial charge in [0.15, 0.2) is 11.6 Å². The van der Waals surface area contributed by atoms with E-state index in [2.05, 4.69) is 0 Å². The summed E-state index contributed by atoms with van der Waals surface area (Å²) in [6.45, 7) is 1.76. The van der Waals surface area contributed by atoms with Gasteiger partial charge in [-0.25, -0.2) is 0 Å². The predicted octanol–water partition coefficient (Wildman–Crippen LogP) is 0.761. The normalized spacial score (nSPS) is 12.8. The summed E-state index contributed by atoms with van der Waals surface area (Å²) < 4.78 is 67.7. The number of allylic oxidation sites excluding steroid dienone is 4. The van der Waals surface area contributed by atoms with Gasteiger partial charge in [0.05, 0.1) is 0 Å². The van der Waals surface area contributed by atoms with Crippen LogP contribution in [-0.4, -0.2) is 23.9 Å². The predicted molar refractivity (Wildman–Crippen MR) is 49.6 cm³/mol. The smallest absolute Gasteiger partial charge is 0.402 e. The van der Waals surface area contributed by atoms with Crippen molar-refractivity contribution in [2.75, 3.05) is 0 Å². The molecule has 0 saturated carbocycles. The molecule has 0 spiro atoms. The Kier molecular flexibility index (Phi) is 11.0. The number of rotatable bonds is 2. The van der Waals surface area contributed by atoms with Gasteiger partial charge in [-0.3, -0.25) is 9.59 Å². The molecule has 0 unspecified atom stereocenters. The molecule has 0 heterocycles. The average Bonchev–Trinajstić information content (AvgIpc) is 2.13. The molecule has 0 aromatic heterocycles. The molecule has 0 N–H and O–H groups in total. The van der Waals surface area contributed by atoms with Crippen LogP contribution in [0.4, 0.5) is 26.3 Å². The molecule has 0 atom stereocenters. The van der Waals surface area contributed by atoms with Gasteiger partial charge < -0.3 is 10.2 Å². The Labute approximate surface area is 125 Å². The molecule has 0 aliphatic rings. The van der Waals surface area contributed by atoms with Crippen molar-refractivity contribution in [1.82, 2.24) is 0 Å². The maximum absolute atomic E-state index is 11.3. The van der Waals surface area contributed by atoms with Crippen molar-refractivity contribution in [2.45, 2.75) is 26.2 Å². The van der Waals surface area contributed by atoms with E-state index in [1.807, 2.05) is 0 Å². The van der Waals surface area contributed by atoms with Gasteiger partial charge in [-0.05, 0) is 37.5 Å². The van der Waals surface area contributed by atoms with Gasteiger partial charge in [0.1, 0.15) is 0 Å². The number of halogens is 6. The minimum atomic E-state index is -4.92. The van der Waals surface area contributed by atoms with Crippen LogP contribution in [0, 0.1) is 0 Å². The van der Waals surface area contributed by atoms with E-state index in [1.165, 1.54) is 0 Å². The standard InChI is InChI=1S/2C5H5F3O2.Cu/c2*1-3(9)2-4(10)5(6,7)8;/h2*2,10H,1H3;/p-2/b2*4-2-;. The second-order valence-corrected chi connectivity index (χ2v) is 3.23. The first kappa shape index (κ1) is 24.5. The van der Waals surface area contributed by atoms with Crippen LogP contribution < -0.4 is 10.2 Å². The Morgan fingerprint density at radius 1 is 0.762 bits per heavy atom. The first-order valence-electron chi connectivity index (χ1n) is 4.61. The van der Waals surface area contributed by atoms with Gasteiger partial charge in [0.25, 0.3) is 0 Å². The van der Waals surface area contributed by atoms with Crippen molar-refractivity contribution >= 4 is 11.6 Å². The zero-order valence-corrected chi connectivity index (χ0v) is 11.3. The molecule has 0 fully saturated rings. The van der Waals surface area contributed by atoms with Crippen LogP contribution in [0.2, 0.25) is 0 Å². The van der Waals surface area contributed by atoms with Crippen molar-refractivity contribution in [1.29, 1.82) is 0 Å². The van der Waals surface area contributed by atoms with Crippen LogP contribution in [0.1, 0.15) is 13.8 Å². The first-order chi connectivity index (χ1) is 8.67. The van der Waals surface area contributed by atoms with Crippen molar-refractivity contribution in [3.63, 3.8) is 0 Å². The molecule has 127 valence electrons. The van der Waals surface area contributed by atoms with E-state index in [-0.39, 0.29) is 29.2 Å². The maximum Gasteiger partial charge on any atom is 0.402 e. The fourth-order valence-corrected chi connectivity index (χ4v) is 0.533. The van der Waals surface area contributed by atoms with Gasteiger partial charge in [0.2, 0.25) is 0 Å². The first-order valence-corrected chi connectivity index (χ1v) is 4.61. The van der Waals surface area contributed by atoms with E-state index in [9.17, 15) is 46.1 Å². The minimum absolute atomic E-state index is 0. The Balaban J connectivity index is -0.000000295. The molecule has 0 aliphatic heterocycles. The Morgan fingerprint density at radius 2 is 0.952 bits per heavy atom. The zero-order chi connectivity index (χ0) is 16.7. The number of hydrogen-bond acceptors (Lipinski definition) is 4. The third kappa shape index (κ3) is 14.7. The van der Waals surface area contributed by atoms with Gasteiger partial charge in [0, 0.05) is 17.1 Å². The van der Waals surface area contributed by atoms with Crippen molar-refractivity contribution in [3.05, 3.63) is 23.7 Å². The Bertz CT molecular complexity index is 382. The summed E-state index contributed by atoms with van der Waals surface area (Å²) in [6.07, 6.45) is -9.82. The van der Waals surface area contributed by atoms with Crippen LogP contribution in [0.5, 0.6) is 0 Å². The number of alkyl halides is 6. The number of hydrogen-bond donors (Lipinski definition) is 0. The zero-order valence-electron chi connectivity index (χ0n) is 10.4. The summed E-state index contributed by atoms with van der Waals surface area (Å²) in [7, 11) is 0. The van der Waals surface area contributed by atoms with Crippen LogP contribution in [0.15, 0.2) is 23.7 Å². The van der Waals surface area contributed by atoms with Crippen molar-refractivity contribution < 1.29 is 63.2 Å². The van der Waals surface area contributed by atoms with Gasteiger partial charge in [-0.2, -0.15) is 26.3 Å². The molecule has 11 heteroatoms. The third-order valence-corrected chi connectivity index (χ3v) is 1.23. The summed E-state index contributed by atoms with van der Waals surface area (Å²) >= 11 is 0. The summed E-state index contributed by atoms with van der Waals surface area (Å²) in [5.74, 6) is -6.02. The SMILES string of the molecule is CC(=O)/C=C(\[O-])C(F)(F)F.CC(=O)/C=C(\[O-])C(F)(F)F.[Cu]. The summed E-state index contributed by atoms with van der Waals surface area (Å²) in [4.78, 5) is 19.8. The molecular formula is C10H8CuF6O4-2. The molecule has 0 saturated heterocycles. The second-order valence-electron chi connectivity index (χ2n) is 3.23. The molecule has 0 aromatic carbocycles. The van der Waals surface area contributed by atoms with Gasteiger partial charge in [-0.15, -0.1) is 0 Å². The molecule has 4 nitrogen and oxygen atoms in total. The van der Waals surface area contributed by atoms with Crippen LogP contribution in [0.25, 0.3) is 0 Å². The number of carbonyl (C=O) groups excluding carboxylic acids is 2. The molecular weight excluding hydrogens is 362 g/mol. The van der Waals surface area contributed by atoms with Crippen molar-refractivity contribution in [3.8, 4) is 0 Å². The van der Waals surface area contributed by atoms with E-state index in [0.717, 1.165) is 13.8 Å². The monoisotopic (exact) mass is 369 g/mol. The van der Waals surface area contributed by atoms with Gasteiger partial charge >= 0.3 is 12.4 Å². The molecule has 21 heavy (non-hydrogen) atoms. The fraction of sp³-hybridized carbons (Fsp3) is 0.400. The van der Waals surface area contributed by atoms with Gasteiger partial charge in [-0.1, -0.05) is 0 Å². The fourth-order valence-electron chi connectivity index (χ4n) is 0.533. The van der Waals surface area contributed by atoms with Crippen molar-refractivity contribution in [2.24, 2.45) is 0 Å². The summed E-state index contributed by atoms with van der Waals surface area (Å²) in [5, 5.41) is 19.7. The van der Waals surface area contributed by atoms with Crippen LogP contribution in [-0.2, 0) is 26.7 Å². The summed E-state index contributed by atoms with van der Waals surface area (Å²) in [6, 6.07) is 0. The van der Waals surface area contributed by atoms with Crippen LogP contribution >= 0.6 is 0 Å². The summed E-state index contributed by atoms with van der Waals surface area (Å²) in [5.41, 5.74) is 0. The molecule has 0 aliphatic carbocycles. The molecule has 1 radical (unpaired) electrons. The maximum atomic E-state index is 11.3. The third-order valence-electron chi connectivity index (χ3n) is 1.23. The van der Waals surface area contributed by atoms with E-state index in [4.69, 9.17) is 0 Å². The Morgan fingerprint density at radius 3 is 1.00 bits per heavy atom. The minimum Gasteiger partial charge on any atom is -0.869 e. The second kappa shape index (κ2) is 9.45. The van der Waals surface area contributed by atoms with E-state index >= 15 is 0 Å². The molecule has 0 rings (SSSR count).